The number of anilines is 1. The lowest BCUT2D eigenvalue weighted by Gasteiger charge is -2.16. The van der Waals surface area contributed by atoms with Crippen LogP contribution < -0.4 is 20.5 Å². The first-order valence-electron chi connectivity index (χ1n) is 6.76. The lowest BCUT2D eigenvalue weighted by Crippen LogP contribution is -2.34. The molecular formula is C14H21N3O4. The number of fused-ring (bicyclic) bond motifs is 1. The molecule has 1 aliphatic heterocycles. The summed E-state index contributed by atoms with van der Waals surface area (Å²) < 4.78 is 15.5. The molecular weight excluding hydrogens is 274 g/mol. The van der Waals surface area contributed by atoms with Crippen LogP contribution in [0.2, 0.25) is 0 Å². The van der Waals surface area contributed by atoms with Crippen LogP contribution in [0.4, 0.5) is 5.69 Å². The molecule has 1 aliphatic rings. The highest BCUT2D eigenvalue weighted by Gasteiger charge is 2.19. The molecule has 0 atom stereocenters. The molecule has 0 unspecified atom stereocenters. The van der Waals surface area contributed by atoms with Crippen LogP contribution >= 0.6 is 0 Å². The second-order valence-corrected chi connectivity index (χ2v) is 4.84. The Labute approximate surface area is 123 Å². The first kappa shape index (κ1) is 15.4. The first-order valence-corrected chi connectivity index (χ1v) is 6.76. The highest BCUT2D eigenvalue weighted by molar-refractivity contribution is 6.00. The van der Waals surface area contributed by atoms with E-state index in [0.29, 0.717) is 35.9 Å². The van der Waals surface area contributed by atoms with E-state index in [0.717, 1.165) is 13.1 Å². The van der Waals surface area contributed by atoms with Crippen LogP contribution in [-0.4, -0.2) is 58.0 Å². The van der Waals surface area contributed by atoms with Gasteiger partial charge >= 0.3 is 0 Å². The van der Waals surface area contributed by atoms with Gasteiger partial charge in [-0.1, -0.05) is 0 Å². The summed E-state index contributed by atoms with van der Waals surface area (Å²) in [6.45, 7) is 2.91. The molecule has 7 nitrogen and oxygen atoms in total. The van der Waals surface area contributed by atoms with Crippen LogP contribution in [0, 0.1) is 0 Å². The quantitative estimate of drug-likeness (QED) is 0.704. The number of amides is 1. The van der Waals surface area contributed by atoms with E-state index >= 15 is 0 Å². The van der Waals surface area contributed by atoms with E-state index in [1.54, 1.807) is 19.2 Å². The Hall–Kier alpha value is -1.99. The topological polar surface area (TPSA) is 86.1 Å². The van der Waals surface area contributed by atoms with Crippen molar-refractivity contribution in [1.82, 2.24) is 10.2 Å². The van der Waals surface area contributed by atoms with E-state index in [4.69, 9.17) is 19.9 Å². The molecule has 3 N–H and O–H groups in total. The minimum atomic E-state index is -0.217. The standard InChI is InChI=1S/C14H21N3O4/c1-17(5-6-19-2)4-3-16-14(18)10-7-12-13(8-11(10)15)21-9-20-12/h7-8H,3-6,9,15H2,1-2H3,(H,16,18). The van der Waals surface area contributed by atoms with Crippen LogP contribution in [0.5, 0.6) is 11.5 Å². The number of nitrogens with zero attached hydrogens (tertiary/aromatic N) is 1. The Balaban J connectivity index is 1.86. The third-order valence-corrected chi connectivity index (χ3v) is 3.25. The van der Waals surface area contributed by atoms with Gasteiger partial charge < -0.3 is 30.2 Å². The van der Waals surface area contributed by atoms with E-state index in [1.165, 1.54) is 0 Å². The van der Waals surface area contributed by atoms with Gasteiger partial charge in [-0.25, -0.2) is 0 Å². The molecule has 0 saturated carbocycles. The molecule has 2 rings (SSSR count). The minimum Gasteiger partial charge on any atom is -0.454 e. The first-order chi connectivity index (χ1) is 10.1. The molecule has 0 spiro atoms. The number of carbonyl (C=O) groups excluding carboxylic acids is 1. The zero-order valence-electron chi connectivity index (χ0n) is 12.3. The monoisotopic (exact) mass is 295 g/mol. The third-order valence-electron chi connectivity index (χ3n) is 3.25. The van der Waals surface area contributed by atoms with Crippen molar-refractivity contribution < 1.29 is 19.0 Å². The summed E-state index contributed by atoms with van der Waals surface area (Å²) in [5.41, 5.74) is 6.65. The third kappa shape index (κ3) is 3.99. The summed E-state index contributed by atoms with van der Waals surface area (Å²) in [5, 5.41) is 2.84. The maximum Gasteiger partial charge on any atom is 0.253 e. The number of ether oxygens (including phenoxy) is 3. The molecule has 1 aromatic carbocycles. The van der Waals surface area contributed by atoms with Crippen molar-refractivity contribution in [3.8, 4) is 11.5 Å². The summed E-state index contributed by atoms with van der Waals surface area (Å²) in [7, 11) is 3.64. The lowest BCUT2D eigenvalue weighted by molar-refractivity contribution is 0.0948. The van der Waals surface area contributed by atoms with Crippen LogP contribution in [0.25, 0.3) is 0 Å². The smallest absolute Gasteiger partial charge is 0.253 e. The van der Waals surface area contributed by atoms with E-state index in [9.17, 15) is 4.79 Å². The lowest BCUT2D eigenvalue weighted by atomic mass is 10.1. The number of carbonyl (C=O) groups is 1. The predicted molar refractivity (Wildman–Crippen MR) is 78.7 cm³/mol. The van der Waals surface area contributed by atoms with Gasteiger partial charge in [0.2, 0.25) is 6.79 Å². The van der Waals surface area contributed by atoms with E-state index in [2.05, 4.69) is 10.2 Å². The average Bonchev–Trinajstić information content (AvgIpc) is 2.91. The van der Waals surface area contributed by atoms with Crippen molar-refractivity contribution >= 4 is 11.6 Å². The highest BCUT2D eigenvalue weighted by atomic mass is 16.7. The number of hydrogen-bond acceptors (Lipinski definition) is 6. The van der Waals surface area contributed by atoms with Gasteiger partial charge in [-0.15, -0.1) is 0 Å². The van der Waals surface area contributed by atoms with Crippen LogP contribution in [0.15, 0.2) is 12.1 Å². The number of likely N-dealkylation sites (N-methyl/N-ethyl adjacent to an activating group) is 1. The zero-order chi connectivity index (χ0) is 15.2. The van der Waals surface area contributed by atoms with Crippen molar-refractivity contribution in [2.75, 3.05) is 52.9 Å². The normalized spacial score (nSPS) is 12.7. The number of methoxy groups -OCH3 is 1. The van der Waals surface area contributed by atoms with Crippen LogP contribution in [-0.2, 0) is 4.74 Å². The summed E-state index contributed by atoms with van der Waals surface area (Å²) in [5.74, 6) is 0.904. The van der Waals surface area contributed by atoms with Crippen molar-refractivity contribution in [2.24, 2.45) is 0 Å². The number of benzene rings is 1. The molecule has 0 radical (unpaired) electrons. The van der Waals surface area contributed by atoms with Crippen molar-refractivity contribution in [3.05, 3.63) is 17.7 Å². The number of rotatable bonds is 7. The maximum atomic E-state index is 12.1. The average molecular weight is 295 g/mol. The largest absolute Gasteiger partial charge is 0.454 e. The van der Waals surface area contributed by atoms with Crippen molar-refractivity contribution in [2.45, 2.75) is 0 Å². The van der Waals surface area contributed by atoms with Gasteiger partial charge in [0.05, 0.1) is 12.2 Å². The fourth-order valence-electron chi connectivity index (χ4n) is 1.97. The van der Waals surface area contributed by atoms with E-state index < -0.39 is 0 Å². The Morgan fingerprint density at radius 1 is 1.38 bits per heavy atom. The fourth-order valence-corrected chi connectivity index (χ4v) is 1.97. The highest BCUT2D eigenvalue weighted by Crippen LogP contribution is 2.35. The molecule has 1 heterocycles. The molecule has 0 bridgehead atoms. The molecule has 116 valence electrons. The Morgan fingerprint density at radius 3 is 2.81 bits per heavy atom. The van der Waals surface area contributed by atoms with Gasteiger partial charge in [0.15, 0.2) is 11.5 Å². The maximum absolute atomic E-state index is 12.1. The summed E-state index contributed by atoms with van der Waals surface area (Å²) in [6, 6.07) is 3.23. The van der Waals surface area contributed by atoms with Gasteiger partial charge in [-0.3, -0.25) is 4.79 Å². The molecule has 0 saturated heterocycles. The molecule has 1 amide bonds. The van der Waals surface area contributed by atoms with Gasteiger partial charge in [-0.05, 0) is 13.1 Å². The second kappa shape index (κ2) is 7.14. The minimum absolute atomic E-state index is 0.157. The Bertz CT molecular complexity index is 507. The van der Waals surface area contributed by atoms with Crippen molar-refractivity contribution in [3.63, 3.8) is 0 Å². The molecule has 0 aliphatic carbocycles. The molecule has 0 fully saturated rings. The molecule has 21 heavy (non-hydrogen) atoms. The SMILES string of the molecule is COCCN(C)CCNC(=O)c1cc2c(cc1N)OCO2. The summed E-state index contributed by atoms with van der Waals surface area (Å²) >= 11 is 0. The number of nitrogens with two attached hydrogens (primary N) is 1. The fraction of sp³-hybridized carbons (Fsp3) is 0.500. The van der Waals surface area contributed by atoms with Gasteiger partial charge in [0, 0.05) is 38.5 Å². The van der Waals surface area contributed by atoms with E-state index in [-0.39, 0.29) is 12.7 Å². The Kier molecular flexibility index (Phi) is 5.24. The van der Waals surface area contributed by atoms with Gasteiger partial charge in [0.1, 0.15) is 0 Å². The second-order valence-electron chi connectivity index (χ2n) is 4.84. The number of nitrogen functional groups attached to an aromatic ring is 1. The van der Waals surface area contributed by atoms with Crippen LogP contribution in [0.1, 0.15) is 10.4 Å². The molecule has 0 aromatic heterocycles. The zero-order valence-corrected chi connectivity index (χ0v) is 12.3. The molecule has 1 aromatic rings. The van der Waals surface area contributed by atoms with Crippen LogP contribution in [0.3, 0.4) is 0 Å². The number of nitrogens with one attached hydrogen (secondary N) is 1. The van der Waals surface area contributed by atoms with E-state index in [1.807, 2.05) is 7.05 Å². The summed E-state index contributed by atoms with van der Waals surface area (Å²) in [6.07, 6.45) is 0. The number of hydrogen-bond donors (Lipinski definition) is 2. The Morgan fingerprint density at radius 2 is 2.10 bits per heavy atom. The van der Waals surface area contributed by atoms with Gasteiger partial charge in [0.25, 0.3) is 5.91 Å². The summed E-state index contributed by atoms with van der Waals surface area (Å²) in [4.78, 5) is 14.2. The van der Waals surface area contributed by atoms with Crippen molar-refractivity contribution in [1.29, 1.82) is 0 Å². The van der Waals surface area contributed by atoms with Gasteiger partial charge in [-0.2, -0.15) is 0 Å². The predicted octanol–water partition coefficient (Wildman–Crippen LogP) is 0.306. The molecule has 7 heteroatoms.